The molecule has 0 fully saturated rings. The van der Waals surface area contributed by atoms with E-state index in [2.05, 4.69) is 11.4 Å². The molecule has 1 atom stereocenters. The van der Waals surface area contributed by atoms with Gasteiger partial charge in [-0.3, -0.25) is 4.79 Å². The standard InChI is InChI=1S/C18H19N3O3/c1-11(2)12(3)20-18(22)17-13(9-19)6-7-21(17)14-4-5-15-16(8-14)24-10-23-15/h4-8,11-12H,10H2,1-3H3,(H,20,22). The normalized spacial score (nSPS) is 13.6. The van der Waals surface area contributed by atoms with Gasteiger partial charge in [-0.25, -0.2) is 0 Å². The molecule has 6 nitrogen and oxygen atoms in total. The Labute approximate surface area is 140 Å². The fourth-order valence-corrected chi connectivity index (χ4v) is 2.45. The minimum absolute atomic E-state index is 0.00384. The van der Waals surface area contributed by atoms with Crippen molar-refractivity contribution in [3.05, 3.63) is 41.7 Å². The number of carbonyl (C=O) groups is 1. The van der Waals surface area contributed by atoms with Crippen molar-refractivity contribution in [3.8, 4) is 23.3 Å². The largest absolute Gasteiger partial charge is 0.454 e. The van der Waals surface area contributed by atoms with Crippen molar-refractivity contribution in [2.75, 3.05) is 6.79 Å². The van der Waals surface area contributed by atoms with Gasteiger partial charge < -0.3 is 19.4 Å². The number of rotatable bonds is 4. The van der Waals surface area contributed by atoms with Gasteiger partial charge >= 0.3 is 0 Å². The Morgan fingerprint density at radius 3 is 2.71 bits per heavy atom. The molecule has 0 radical (unpaired) electrons. The Morgan fingerprint density at radius 2 is 2.00 bits per heavy atom. The lowest BCUT2D eigenvalue weighted by atomic mass is 10.1. The van der Waals surface area contributed by atoms with Crippen LogP contribution in [-0.4, -0.2) is 23.3 Å². The van der Waals surface area contributed by atoms with E-state index in [9.17, 15) is 10.1 Å². The predicted molar refractivity (Wildman–Crippen MR) is 88.4 cm³/mol. The summed E-state index contributed by atoms with van der Waals surface area (Å²) >= 11 is 0. The number of nitrogens with zero attached hydrogens (tertiary/aromatic N) is 2. The van der Waals surface area contributed by atoms with E-state index in [-0.39, 0.29) is 18.7 Å². The van der Waals surface area contributed by atoms with Crippen LogP contribution < -0.4 is 14.8 Å². The lowest BCUT2D eigenvalue weighted by Crippen LogP contribution is -2.37. The third kappa shape index (κ3) is 2.81. The molecule has 0 spiro atoms. The van der Waals surface area contributed by atoms with Crippen LogP contribution in [0.1, 0.15) is 36.8 Å². The maximum absolute atomic E-state index is 12.7. The van der Waals surface area contributed by atoms with Crippen LogP contribution in [0.15, 0.2) is 30.5 Å². The third-order valence-electron chi connectivity index (χ3n) is 4.21. The van der Waals surface area contributed by atoms with Crippen molar-refractivity contribution >= 4 is 5.91 Å². The molecular formula is C18H19N3O3. The first-order valence-electron chi connectivity index (χ1n) is 7.83. The third-order valence-corrected chi connectivity index (χ3v) is 4.21. The molecule has 0 bridgehead atoms. The van der Waals surface area contributed by atoms with Gasteiger partial charge in [0.05, 0.1) is 5.56 Å². The molecule has 2 heterocycles. The Morgan fingerprint density at radius 1 is 1.25 bits per heavy atom. The number of nitriles is 1. The zero-order valence-electron chi connectivity index (χ0n) is 13.9. The fraction of sp³-hybridized carbons (Fsp3) is 0.333. The Balaban J connectivity index is 1.99. The van der Waals surface area contributed by atoms with Gasteiger partial charge in [-0.1, -0.05) is 13.8 Å². The Kier molecular flexibility index (Phi) is 4.17. The van der Waals surface area contributed by atoms with Crippen molar-refractivity contribution < 1.29 is 14.3 Å². The summed E-state index contributed by atoms with van der Waals surface area (Å²) < 4.78 is 12.4. The summed E-state index contributed by atoms with van der Waals surface area (Å²) in [7, 11) is 0. The lowest BCUT2D eigenvalue weighted by Gasteiger charge is -2.18. The SMILES string of the molecule is CC(C)C(C)NC(=O)c1c(C#N)ccn1-c1ccc2c(c1)OCO2. The highest BCUT2D eigenvalue weighted by atomic mass is 16.7. The topological polar surface area (TPSA) is 76.3 Å². The molecule has 1 aliphatic heterocycles. The number of aromatic nitrogens is 1. The molecule has 6 heteroatoms. The molecule has 1 aromatic carbocycles. The first-order valence-corrected chi connectivity index (χ1v) is 7.83. The first kappa shape index (κ1) is 15.9. The van der Waals surface area contributed by atoms with Gasteiger partial charge in [0.2, 0.25) is 6.79 Å². The molecule has 1 unspecified atom stereocenters. The molecule has 0 aliphatic carbocycles. The second kappa shape index (κ2) is 6.28. The van der Waals surface area contributed by atoms with E-state index in [1.165, 1.54) is 0 Å². The van der Waals surface area contributed by atoms with Gasteiger partial charge in [0.15, 0.2) is 11.5 Å². The number of nitrogens with one attached hydrogen (secondary N) is 1. The lowest BCUT2D eigenvalue weighted by molar-refractivity contribution is 0.0923. The second-order valence-electron chi connectivity index (χ2n) is 6.10. The van der Waals surface area contributed by atoms with Crippen molar-refractivity contribution in [1.82, 2.24) is 9.88 Å². The molecule has 2 aromatic rings. The van der Waals surface area contributed by atoms with Crippen LogP contribution in [0, 0.1) is 17.2 Å². The van der Waals surface area contributed by atoms with E-state index in [1.807, 2.05) is 26.8 Å². The molecule has 24 heavy (non-hydrogen) atoms. The second-order valence-corrected chi connectivity index (χ2v) is 6.10. The molecule has 0 saturated carbocycles. The Hall–Kier alpha value is -2.94. The van der Waals surface area contributed by atoms with Crippen LogP contribution in [0.2, 0.25) is 0 Å². The Bertz CT molecular complexity index is 817. The number of carbonyl (C=O) groups excluding carboxylic acids is 1. The van der Waals surface area contributed by atoms with Gasteiger partial charge in [-0.05, 0) is 31.0 Å². The van der Waals surface area contributed by atoms with E-state index >= 15 is 0 Å². The van der Waals surface area contributed by atoms with Crippen LogP contribution in [0.25, 0.3) is 5.69 Å². The minimum atomic E-state index is -0.268. The van der Waals surface area contributed by atoms with E-state index in [0.717, 1.165) is 5.69 Å². The summed E-state index contributed by atoms with van der Waals surface area (Å²) in [5.41, 5.74) is 1.40. The number of hydrogen-bond acceptors (Lipinski definition) is 4. The summed E-state index contributed by atoms with van der Waals surface area (Å²) in [6.07, 6.45) is 1.71. The molecular weight excluding hydrogens is 306 g/mol. The van der Waals surface area contributed by atoms with Crippen molar-refractivity contribution in [2.45, 2.75) is 26.8 Å². The zero-order valence-corrected chi connectivity index (χ0v) is 13.9. The van der Waals surface area contributed by atoms with Gasteiger partial charge in [0.25, 0.3) is 5.91 Å². The van der Waals surface area contributed by atoms with Crippen LogP contribution in [0.4, 0.5) is 0 Å². The molecule has 1 amide bonds. The number of fused-ring (bicyclic) bond motifs is 1. The fourth-order valence-electron chi connectivity index (χ4n) is 2.45. The maximum atomic E-state index is 12.7. The molecule has 124 valence electrons. The molecule has 1 aromatic heterocycles. The smallest absolute Gasteiger partial charge is 0.269 e. The number of benzene rings is 1. The number of hydrogen-bond donors (Lipinski definition) is 1. The van der Waals surface area contributed by atoms with E-state index in [1.54, 1.807) is 29.0 Å². The van der Waals surface area contributed by atoms with Gasteiger partial charge in [-0.15, -0.1) is 0 Å². The van der Waals surface area contributed by atoms with Crippen molar-refractivity contribution in [2.24, 2.45) is 5.92 Å². The number of ether oxygens (including phenoxy) is 2. The van der Waals surface area contributed by atoms with Crippen LogP contribution in [0.3, 0.4) is 0 Å². The summed E-state index contributed by atoms with van der Waals surface area (Å²) in [5.74, 6) is 1.33. The van der Waals surface area contributed by atoms with Gasteiger partial charge in [0.1, 0.15) is 11.8 Å². The van der Waals surface area contributed by atoms with E-state index in [0.29, 0.717) is 28.7 Å². The van der Waals surface area contributed by atoms with Crippen molar-refractivity contribution in [3.63, 3.8) is 0 Å². The monoisotopic (exact) mass is 325 g/mol. The summed E-state index contributed by atoms with van der Waals surface area (Å²) in [6, 6.07) is 9.15. The van der Waals surface area contributed by atoms with Gasteiger partial charge in [-0.2, -0.15) is 5.26 Å². The van der Waals surface area contributed by atoms with E-state index < -0.39 is 0 Å². The average molecular weight is 325 g/mol. The predicted octanol–water partition coefficient (Wildman–Crippen LogP) is 2.85. The molecule has 1 N–H and O–H groups in total. The van der Waals surface area contributed by atoms with Crippen molar-refractivity contribution in [1.29, 1.82) is 5.26 Å². The zero-order chi connectivity index (χ0) is 17.3. The summed E-state index contributed by atoms with van der Waals surface area (Å²) in [5, 5.41) is 12.3. The quantitative estimate of drug-likeness (QED) is 0.938. The van der Waals surface area contributed by atoms with Crippen LogP contribution in [-0.2, 0) is 0 Å². The summed E-state index contributed by atoms with van der Waals surface area (Å²) in [4.78, 5) is 12.7. The molecule has 0 saturated heterocycles. The highest BCUT2D eigenvalue weighted by Gasteiger charge is 2.22. The summed E-state index contributed by atoms with van der Waals surface area (Å²) in [6.45, 7) is 6.20. The first-order chi connectivity index (χ1) is 11.5. The van der Waals surface area contributed by atoms with Gasteiger partial charge in [0, 0.05) is 24.0 Å². The molecule has 3 rings (SSSR count). The highest BCUT2D eigenvalue weighted by molar-refractivity contribution is 5.96. The minimum Gasteiger partial charge on any atom is -0.454 e. The number of amides is 1. The maximum Gasteiger partial charge on any atom is 0.269 e. The highest BCUT2D eigenvalue weighted by Crippen LogP contribution is 2.34. The van der Waals surface area contributed by atoms with E-state index in [4.69, 9.17) is 9.47 Å². The van der Waals surface area contributed by atoms with Crippen LogP contribution in [0.5, 0.6) is 11.5 Å². The molecule has 1 aliphatic rings. The average Bonchev–Trinajstić information content (AvgIpc) is 3.19. The van der Waals surface area contributed by atoms with Crippen LogP contribution >= 0.6 is 0 Å².